The normalized spacial score (nSPS) is 11.5. The first-order chi connectivity index (χ1) is 12.7. The molecule has 3 aromatic rings. The molecule has 1 heterocycles. The molecule has 0 aliphatic rings. The zero-order valence-corrected chi connectivity index (χ0v) is 14.7. The van der Waals surface area contributed by atoms with Gasteiger partial charge in [-0.15, -0.1) is 0 Å². The molecule has 0 saturated carbocycles. The van der Waals surface area contributed by atoms with Gasteiger partial charge in [0.25, 0.3) is 0 Å². The molecule has 1 amide bonds. The van der Waals surface area contributed by atoms with Crippen LogP contribution in [0.5, 0.6) is 0 Å². The standard InChI is InChI=1S/C16H13FN4O5S/c1-27(25,26)16-19-12-4-2-3-5-13(12)20(16)9-15(22)18-10-6-7-11(17)14(8-10)21(23)24/h2-8H,9H2,1H3,(H,18,22). The summed E-state index contributed by atoms with van der Waals surface area (Å²) in [5, 5.41) is 12.9. The van der Waals surface area contributed by atoms with E-state index in [9.17, 15) is 27.7 Å². The first-order valence-electron chi connectivity index (χ1n) is 7.56. The molecule has 0 fully saturated rings. The van der Waals surface area contributed by atoms with E-state index in [0.29, 0.717) is 11.0 Å². The maximum Gasteiger partial charge on any atom is 0.306 e. The first kappa shape index (κ1) is 18.5. The van der Waals surface area contributed by atoms with Gasteiger partial charge in [-0.1, -0.05) is 12.1 Å². The van der Waals surface area contributed by atoms with Gasteiger partial charge in [-0.05, 0) is 24.3 Å². The van der Waals surface area contributed by atoms with Gasteiger partial charge in [-0.3, -0.25) is 14.9 Å². The van der Waals surface area contributed by atoms with Crippen molar-refractivity contribution in [2.45, 2.75) is 11.7 Å². The van der Waals surface area contributed by atoms with Gasteiger partial charge in [0.15, 0.2) is 0 Å². The Balaban J connectivity index is 1.93. The Kier molecular flexibility index (Phi) is 4.62. The van der Waals surface area contributed by atoms with Crippen LogP contribution in [0.4, 0.5) is 15.8 Å². The minimum atomic E-state index is -3.70. The second-order valence-electron chi connectivity index (χ2n) is 5.71. The molecule has 0 aliphatic carbocycles. The SMILES string of the molecule is CS(=O)(=O)c1nc2ccccc2n1CC(=O)Nc1ccc(F)c([N+](=O)[O-])c1. The van der Waals surface area contributed by atoms with Crippen LogP contribution < -0.4 is 5.32 Å². The van der Waals surface area contributed by atoms with Crippen molar-refractivity contribution in [3.63, 3.8) is 0 Å². The summed E-state index contributed by atoms with van der Waals surface area (Å²) < 4.78 is 38.6. The lowest BCUT2D eigenvalue weighted by Crippen LogP contribution is -2.21. The summed E-state index contributed by atoms with van der Waals surface area (Å²) in [6, 6.07) is 9.51. The summed E-state index contributed by atoms with van der Waals surface area (Å²) in [5.74, 6) is -1.68. The first-order valence-corrected chi connectivity index (χ1v) is 9.45. The van der Waals surface area contributed by atoms with Crippen LogP contribution in [0.3, 0.4) is 0 Å². The summed E-state index contributed by atoms with van der Waals surface area (Å²) in [6.07, 6.45) is 0.978. The summed E-state index contributed by atoms with van der Waals surface area (Å²) in [6.45, 7) is -0.395. The number of hydrogen-bond donors (Lipinski definition) is 1. The number of imidazole rings is 1. The quantitative estimate of drug-likeness (QED) is 0.524. The van der Waals surface area contributed by atoms with Gasteiger partial charge in [0.1, 0.15) is 6.54 Å². The number of hydrogen-bond acceptors (Lipinski definition) is 6. The van der Waals surface area contributed by atoms with Crippen molar-refractivity contribution in [1.29, 1.82) is 0 Å². The van der Waals surface area contributed by atoms with E-state index in [-0.39, 0.29) is 10.8 Å². The Morgan fingerprint density at radius 2 is 2.00 bits per heavy atom. The number of nitro benzene ring substituents is 1. The predicted octanol–water partition coefficient (Wildman–Crippen LogP) is 2.13. The maximum absolute atomic E-state index is 13.4. The third-order valence-electron chi connectivity index (χ3n) is 3.68. The topological polar surface area (TPSA) is 124 Å². The average Bonchev–Trinajstić information content (AvgIpc) is 2.95. The van der Waals surface area contributed by atoms with Crippen molar-refractivity contribution < 1.29 is 22.5 Å². The fourth-order valence-corrected chi connectivity index (χ4v) is 3.39. The smallest absolute Gasteiger partial charge is 0.306 e. The van der Waals surface area contributed by atoms with Crippen LogP contribution in [-0.2, 0) is 21.2 Å². The number of aromatic nitrogens is 2. The highest BCUT2D eigenvalue weighted by Crippen LogP contribution is 2.23. The Morgan fingerprint density at radius 1 is 1.30 bits per heavy atom. The van der Waals surface area contributed by atoms with E-state index in [0.717, 1.165) is 18.4 Å². The lowest BCUT2D eigenvalue weighted by molar-refractivity contribution is -0.387. The number of sulfone groups is 1. The zero-order chi connectivity index (χ0) is 19.8. The number of nitrogens with one attached hydrogen (secondary N) is 1. The zero-order valence-electron chi connectivity index (χ0n) is 13.9. The van der Waals surface area contributed by atoms with Gasteiger partial charge in [-0.2, -0.15) is 4.39 Å². The molecule has 0 radical (unpaired) electrons. The van der Waals surface area contributed by atoms with Gasteiger partial charge in [0.05, 0.1) is 16.0 Å². The second-order valence-corrected chi connectivity index (χ2v) is 7.62. The Labute approximate surface area is 152 Å². The molecule has 0 aliphatic heterocycles. The van der Waals surface area contributed by atoms with Crippen LogP contribution in [0.1, 0.15) is 0 Å². The second kappa shape index (κ2) is 6.76. The number of rotatable bonds is 5. The number of fused-ring (bicyclic) bond motifs is 1. The number of amides is 1. The van der Waals surface area contributed by atoms with Crippen LogP contribution in [0.25, 0.3) is 11.0 Å². The Bertz CT molecular complexity index is 1170. The molecule has 0 unspecified atom stereocenters. The van der Waals surface area contributed by atoms with E-state index in [4.69, 9.17) is 0 Å². The molecule has 140 valence electrons. The fraction of sp³-hybridized carbons (Fsp3) is 0.125. The fourth-order valence-electron chi connectivity index (χ4n) is 2.56. The molecular formula is C16H13FN4O5S. The molecule has 3 rings (SSSR count). The summed E-state index contributed by atoms with van der Waals surface area (Å²) in [5.41, 5.74) is 0.0810. The van der Waals surface area contributed by atoms with E-state index in [1.165, 1.54) is 10.6 Å². The molecule has 0 bridgehead atoms. The monoisotopic (exact) mass is 392 g/mol. The van der Waals surface area contributed by atoms with E-state index >= 15 is 0 Å². The molecule has 27 heavy (non-hydrogen) atoms. The lowest BCUT2D eigenvalue weighted by Gasteiger charge is -2.09. The minimum absolute atomic E-state index is 0.0124. The molecule has 0 atom stereocenters. The minimum Gasteiger partial charge on any atom is -0.324 e. The number of benzene rings is 2. The number of halogens is 1. The van der Waals surface area contributed by atoms with Crippen molar-refractivity contribution in [3.05, 3.63) is 58.4 Å². The van der Waals surface area contributed by atoms with Crippen LogP contribution in [0.15, 0.2) is 47.6 Å². The Hall–Kier alpha value is -3.34. The van der Waals surface area contributed by atoms with Crippen LogP contribution in [0.2, 0.25) is 0 Å². The molecule has 2 aromatic carbocycles. The molecule has 1 N–H and O–H groups in total. The molecule has 0 spiro atoms. The van der Waals surface area contributed by atoms with Crippen molar-refractivity contribution in [1.82, 2.24) is 9.55 Å². The van der Waals surface area contributed by atoms with Gasteiger partial charge in [0.2, 0.25) is 26.7 Å². The number of anilines is 1. The van der Waals surface area contributed by atoms with Gasteiger partial charge < -0.3 is 9.88 Å². The van der Waals surface area contributed by atoms with Gasteiger partial charge >= 0.3 is 5.69 Å². The largest absolute Gasteiger partial charge is 0.324 e. The number of para-hydroxylation sites is 2. The van der Waals surface area contributed by atoms with E-state index in [1.54, 1.807) is 24.3 Å². The van der Waals surface area contributed by atoms with Crippen LogP contribution in [0, 0.1) is 15.9 Å². The number of nitro groups is 1. The summed E-state index contributed by atoms with van der Waals surface area (Å²) in [7, 11) is -3.70. The summed E-state index contributed by atoms with van der Waals surface area (Å²) >= 11 is 0. The molecule has 11 heteroatoms. The third kappa shape index (κ3) is 3.77. The van der Waals surface area contributed by atoms with Crippen LogP contribution >= 0.6 is 0 Å². The van der Waals surface area contributed by atoms with E-state index in [2.05, 4.69) is 10.3 Å². The highest BCUT2D eigenvalue weighted by Gasteiger charge is 2.21. The third-order valence-corrected chi connectivity index (χ3v) is 4.65. The van der Waals surface area contributed by atoms with Crippen molar-refractivity contribution in [3.8, 4) is 0 Å². The van der Waals surface area contributed by atoms with Crippen molar-refractivity contribution >= 4 is 38.2 Å². The maximum atomic E-state index is 13.4. The predicted molar refractivity (Wildman–Crippen MR) is 94.5 cm³/mol. The molecule has 0 saturated heterocycles. The van der Waals surface area contributed by atoms with Crippen molar-refractivity contribution in [2.24, 2.45) is 0 Å². The number of carbonyl (C=O) groups is 1. The highest BCUT2D eigenvalue weighted by atomic mass is 32.2. The Morgan fingerprint density at radius 3 is 2.67 bits per heavy atom. The average molecular weight is 392 g/mol. The van der Waals surface area contributed by atoms with Crippen molar-refractivity contribution in [2.75, 3.05) is 11.6 Å². The molecule has 9 nitrogen and oxygen atoms in total. The molecular weight excluding hydrogens is 379 g/mol. The number of nitrogens with zero attached hydrogens (tertiary/aromatic N) is 3. The highest BCUT2D eigenvalue weighted by molar-refractivity contribution is 7.90. The van der Waals surface area contributed by atoms with Gasteiger partial charge in [0, 0.05) is 18.0 Å². The number of carbonyl (C=O) groups excluding carboxylic acids is 1. The molecule has 1 aromatic heterocycles. The van der Waals surface area contributed by atoms with Gasteiger partial charge in [-0.25, -0.2) is 13.4 Å². The lowest BCUT2D eigenvalue weighted by atomic mass is 10.2. The van der Waals surface area contributed by atoms with E-state index < -0.39 is 38.7 Å². The van der Waals surface area contributed by atoms with Crippen LogP contribution in [-0.4, -0.2) is 35.1 Å². The van der Waals surface area contributed by atoms with E-state index in [1.807, 2.05) is 0 Å². The summed E-state index contributed by atoms with van der Waals surface area (Å²) in [4.78, 5) is 26.3.